The maximum absolute atomic E-state index is 10.1. The molecule has 0 aliphatic heterocycles. The molecule has 0 saturated carbocycles. The summed E-state index contributed by atoms with van der Waals surface area (Å²) in [6.45, 7) is 5.24. The molecule has 0 rings (SSSR count). The van der Waals surface area contributed by atoms with E-state index in [4.69, 9.17) is 5.73 Å². The van der Waals surface area contributed by atoms with Crippen LogP contribution in [-0.2, 0) is 4.79 Å². The second-order valence-corrected chi connectivity index (χ2v) is 1.32. The second-order valence-electron chi connectivity index (χ2n) is 1.32. The maximum atomic E-state index is 10.1. The minimum absolute atomic E-state index is 0. The Morgan fingerprint density at radius 3 is 2.12 bits per heavy atom. The van der Waals surface area contributed by atoms with Gasteiger partial charge in [0, 0.05) is 35.1 Å². The van der Waals surface area contributed by atoms with Crippen LogP contribution in [0.4, 0.5) is 0 Å². The molecule has 0 fully saturated rings. The third-order valence-corrected chi connectivity index (χ3v) is 0.775. The molecule has 2 N–H and O–H groups in total. The molecule has 8 heavy (non-hydrogen) atoms. The van der Waals surface area contributed by atoms with E-state index in [1.807, 2.05) is 6.92 Å². The Bertz CT molecular complexity index is 101. The predicted octanol–water partition coefficient (Wildman–Crippen LogP) is 0.0571. The van der Waals surface area contributed by atoms with Crippen molar-refractivity contribution in [2.45, 2.75) is 13.3 Å². The summed E-state index contributed by atoms with van der Waals surface area (Å²) in [6.07, 6.45) is 0.648. The molecule has 0 saturated heterocycles. The molecule has 0 aliphatic rings. The molecule has 1 amide bonds. The summed E-state index contributed by atoms with van der Waals surface area (Å²) in [6, 6.07) is 0. The molecule has 41 valence electrons. The van der Waals surface area contributed by atoms with Crippen LogP contribution in [0.25, 0.3) is 0 Å². The maximum Gasteiger partial charge on any atom is 0.244 e. The Morgan fingerprint density at radius 1 is 1.75 bits per heavy atom. The molecular formula is C5H9NNaO. The molecule has 3 heteroatoms. The van der Waals surface area contributed by atoms with Crippen molar-refractivity contribution >= 4 is 35.5 Å². The van der Waals surface area contributed by atoms with Crippen molar-refractivity contribution in [3.05, 3.63) is 12.2 Å². The van der Waals surface area contributed by atoms with Crippen LogP contribution >= 0.6 is 0 Å². The molecule has 0 aliphatic carbocycles. The van der Waals surface area contributed by atoms with Gasteiger partial charge in [0.2, 0.25) is 5.91 Å². The number of amides is 1. The van der Waals surface area contributed by atoms with E-state index in [0.717, 1.165) is 0 Å². The van der Waals surface area contributed by atoms with E-state index in [2.05, 4.69) is 6.58 Å². The van der Waals surface area contributed by atoms with Gasteiger partial charge in [0.05, 0.1) is 0 Å². The summed E-state index contributed by atoms with van der Waals surface area (Å²) < 4.78 is 0. The zero-order valence-corrected chi connectivity index (χ0v) is 7.40. The molecule has 0 aromatic heterocycles. The number of hydrogen-bond donors (Lipinski definition) is 1. The minimum atomic E-state index is -0.400. The Kier molecular flexibility index (Phi) is 7.40. The van der Waals surface area contributed by atoms with Crippen molar-refractivity contribution in [2.75, 3.05) is 0 Å². The van der Waals surface area contributed by atoms with Crippen LogP contribution in [-0.4, -0.2) is 35.5 Å². The van der Waals surface area contributed by atoms with Gasteiger partial charge >= 0.3 is 0 Å². The summed E-state index contributed by atoms with van der Waals surface area (Å²) in [7, 11) is 0. The first-order valence-corrected chi connectivity index (χ1v) is 2.16. The van der Waals surface area contributed by atoms with E-state index in [-0.39, 0.29) is 29.6 Å². The molecule has 0 aromatic rings. The van der Waals surface area contributed by atoms with Gasteiger partial charge in [-0.05, 0) is 6.42 Å². The topological polar surface area (TPSA) is 43.1 Å². The van der Waals surface area contributed by atoms with E-state index in [0.29, 0.717) is 12.0 Å². The van der Waals surface area contributed by atoms with E-state index in [1.165, 1.54) is 0 Å². The van der Waals surface area contributed by atoms with Gasteiger partial charge in [0.15, 0.2) is 0 Å². The zero-order chi connectivity index (χ0) is 5.86. The standard InChI is InChI=1S/C5H9NO.Na/c1-3-4(2)5(6)7;/h2-3H2,1H3,(H2,6,7);. The van der Waals surface area contributed by atoms with Gasteiger partial charge in [-0.25, -0.2) is 0 Å². The van der Waals surface area contributed by atoms with Crippen LogP contribution in [0, 0.1) is 0 Å². The van der Waals surface area contributed by atoms with E-state index in [9.17, 15) is 4.79 Å². The van der Waals surface area contributed by atoms with Gasteiger partial charge < -0.3 is 5.73 Å². The number of primary amides is 1. The molecule has 2 nitrogen and oxygen atoms in total. The largest absolute Gasteiger partial charge is 0.366 e. The van der Waals surface area contributed by atoms with E-state index >= 15 is 0 Å². The monoisotopic (exact) mass is 122 g/mol. The van der Waals surface area contributed by atoms with Gasteiger partial charge in [-0.3, -0.25) is 4.79 Å². The summed E-state index contributed by atoms with van der Waals surface area (Å²) in [5.41, 5.74) is 5.29. The van der Waals surface area contributed by atoms with Crippen LogP contribution in [0.15, 0.2) is 12.2 Å². The molecule has 0 unspecified atom stereocenters. The Hall–Kier alpha value is 0.210. The molecule has 0 aromatic carbocycles. The van der Waals surface area contributed by atoms with Gasteiger partial charge in [-0.2, -0.15) is 0 Å². The Labute approximate surface area is 71.4 Å². The van der Waals surface area contributed by atoms with Crippen molar-refractivity contribution in [3.8, 4) is 0 Å². The fourth-order valence-electron chi connectivity index (χ4n) is 0.174. The Morgan fingerprint density at radius 2 is 2.12 bits per heavy atom. The van der Waals surface area contributed by atoms with Crippen LogP contribution < -0.4 is 5.73 Å². The first-order valence-electron chi connectivity index (χ1n) is 2.16. The van der Waals surface area contributed by atoms with Crippen molar-refractivity contribution in [1.82, 2.24) is 0 Å². The van der Waals surface area contributed by atoms with Gasteiger partial charge in [-0.1, -0.05) is 13.5 Å². The van der Waals surface area contributed by atoms with Gasteiger partial charge in [0.25, 0.3) is 0 Å². The van der Waals surface area contributed by atoms with Gasteiger partial charge in [0.1, 0.15) is 0 Å². The summed E-state index contributed by atoms with van der Waals surface area (Å²) in [5.74, 6) is -0.400. The summed E-state index contributed by atoms with van der Waals surface area (Å²) in [4.78, 5) is 10.1. The number of hydrogen-bond acceptors (Lipinski definition) is 1. The molecular weight excluding hydrogens is 113 g/mol. The van der Waals surface area contributed by atoms with Crippen LogP contribution in [0.3, 0.4) is 0 Å². The van der Waals surface area contributed by atoms with Gasteiger partial charge in [-0.15, -0.1) is 0 Å². The first kappa shape index (κ1) is 11.1. The number of carbonyl (C=O) groups excluding carboxylic acids is 1. The Balaban J connectivity index is 0. The van der Waals surface area contributed by atoms with E-state index < -0.39 is 5.91 Å². The van der Waals surface area contributed by atoms with Crippen molar-refractivity contribution in [2.24, 2.45) is 5.73 Å². The normalized spacial score (nSPS) is 7.12. The quantitative estimate of drug-likeness (QED) is 0.408. The number of rotatable bonds is 2. The molecule has 0 heterocycles. The smallest absolute Gasteiger partial charge is 0.244 e. The average Bonchev–Trinajstić information content (AvgIpc) is 1.65. The number of carbonyl (C=O) groups is 1. The fraction of sp³-hybridized carbons (Fsp3) is 0.400. The summed E-state index contributed by atoms with van der Waals surface area (Å²) in [5, 5.41) is 0. The molecule has 0 atom stereocenters. The predicted molar refractivity (Wildman–Crippen MR) is 34.4 cm³/mol. The van der Waals surface area contributed by atoms with Crippen LogP contribution in [0.5, 0.6) is 0 Å². The summed E-state index contributed by atoms with van der Waals surface area (Å²) >= 11 is 0. The minimum Gasteiger partial charge on any atom is -0.366 e. The average molecular weight is 122 g/mol. The number of nitrogens with two attached hydrogens (primary N) is 1. The van der Waals surface area contributed by atoms with Crippen molar-refractivity contribution < 1.29 is 4.79 Å². The molecule has 0 bridgehead atoms. The first-order chi connectivity index (χ1) is 3.18. The SMILES string of the molecule is C=C(CC)C(N)=O.[Na]. The second kappa shape index (κ2) is 5.35. The molecule has 0 spiro atoms. The molecule has 1 radical (unpaired) electrons. The van der Waals surface area contributed by atoms with Crippen LogP contribution in [0.1, 0.15) is 13.3 Å². The third-order valence-electron chi connectivity index (χ3n) is 0.775. The zero-order valence-electron chi connectivity index (χ0n) is 5.40. The van der Waals surface area contributed by atoms with E-state index in [1.54, 1.807) is 0 Å². The fourth-order valence-corrected chi connectivity index (χ4v) is 0.174. The van der Waals surface area contributed by atoms with Crippen molar-refractivity contribution in [3.63, 3.8) is 0 Å². The third kappa shape index (κ3) is 4.37. The van der Waals surface area contributed by atoms with Crippen molar-refractivity contribution in [1.29, 1.82) is 0 Å². The van der Waals surface area contributed by atoms with Crippen LogP contribution in [0.2, 0.25) is 0 Å².